The fourth-order valence-corrected chi connectivity index (χ4v) is 5.23. The van der Waals surface area contributed by atoms with Crippen molar-refractivity contribution in [1.82, 2.24) is 4.90 Å². The van der Waals surface area contributed by atoms with Crippen LogP contribution in [0, 0.1) is 5.41 Å². The second-order valence-electron chi connectivity index (χ2n) is 9.51. The van der Waals surface area contributed by atoms with Gasteiger partial charge >= 0.3 is 5.97 Å². The Morgan fingerprint density at radius 3 is 2.06 bits per heavy atom. The second-order valence-corrected chi connectivity index (χ2v) is 9.51. The fourth-order valence-electron chi connectivity index (χ4n) is 5.23. The number of carboxylic acids is 1. The van der Waals surface area contributed by atoms with Crippen molar-refractivity contribution in [2.75, 3.05) is 44.4 Å². The van der Waals surface area contributed by atoms with E-state index in [1.54, 1.807) is 24.3 Å². The number of hydrogen-bond acceptors (Lipinski definition) is 6. The second kappa shape index (κ2) is 11.2. The topological polar surface area (TPSA) is 88.5 Å². The lowest BCUT2D eigenvalue weighted by molar-refractivity contribution is -0.118. The van der Waals surface area contributed by atoms with Crippen LogP contribution in [0.5, 0.6) is 17.2 Å². The number of likely N-dealkylation sites (tertiary alicyclic amines) is 1. The summed E-state index contributed by atoms with van der Waals surface area (Å²) in [4.78, 5) is 28.3. The van der Waals surface area contributed by atoms with Crippen molar-refractivity contribution in [3.8, 4) is 17.2 Å². The molecule has 2 aromatic rings. The van der Waals surface area contributed by atoms with E-state index in [9.17, 15) is 9.59 Å². The number of benzene rings is 2. The Morgan fingerprint density at radius 1 is 0.944 bits per heavy atom. The molecule has 2 aliphatic heterocycles. The molecule has 2 fully saturated rings. The average molecular weight is 497 g/mol. The SMILES string of the molecule is CCOc1cc(CN2CCC3(CC2)CC(=O)N(c2ccc(C(=O)O)cc2)C3)cc(OCC)c1OCC. The molecule has 0 saturated carbocycles. The first-order valence-corrected chi connectivity index (χ1v) is 12.8. The normalized spacial score (nSPS) is 17.4. The highest BCUT2D eigenvalue weighted by atomic mass is 16.5. The molecule has 8 heteroatoms. The first kappa shape index (κ1) is 25.8. The lowest BCUT2D eigenvalue weighted by Crippen LogP contribution is -2.41. The van der Waals surface area contributed by atoms with E-state index < -0.39 is 5.97 Å². The minimum Gasteiger partial charge on any atom is -0.490 e. The lowest BCUT2D eigenvalue weighted by Gasteiger charge is -2.39. The van der Waals surface area contributed by atoms with Crippen molar-refractivity contribution in [2.24, 2.45) is 5.41 Å². The third-order valence-electron chi connectivity index (χ3n) is 7.04. The largest absolute Gasteiger partial charge is 0.490 e. The Bertz CT molecular complexity index is 1050. The Hall–Kier alpha value is -3.26. The Balaban J connectivity index is 1.42. The van der Waals surface area contributed by atoms with E-state index in [0.29, 0.717) is 50.0 Å². The zero-order valence-corrected chi connectivity index (χ0v) is 21.4. The van der Waals surface area contributed by atoms with E-state index in [-0.39, 0.29) is 16.9 Å². The first-order chi connectivity index (χ1) is 17.4. The molecule has 8 nitrogen and oxygen atoms in total. The van der Waals surface area contributed by atoms with Crippen LogP contribution in [-0.2, 0) is 11.3 Å². The van der Waals surface area contributed by atoms with Gasteiger partial charge in [0.1, 0.15) is 0 Å². The minimum atomic E-state index is -0.965. The molecule has 1 spiro atoms. The molecular weight excluding hydrogens is 460 g/mol. The molecule has 2 saturated heterocycles. The number of ether oxygens (including phenoxy) is 3. The molecule has 0 unspecified atom stereocenters. The number of rotatable bonds is 10. The van der Waals surface area contributed by atoms with Crippen LogP contribution in [0.25, 0.3) is 0 Å². The van der Waals surface area contributed by atoms with Gasteiger partial charge < -0.3 is 24.2 Å². The summed E-state index contributed by atoms with van der Waals surface area (Å²) < 4.78 is 17.6. The fraction of sp³-hybridized carbons (Fsp3) is 0.500. The maximum absolute atomic E-state index is 12.9. The number of carbonyl (C=O) groups is 2. The highest BCUT2D eigenvalue weighted by Gasteiger charge is 2.45. The molecule has 4 rings (SSSR count). The van der Waals surface area contributed by atoms with Gasteiger partial charge in [0.05, 0.1) is 25.4 Å². The smallest absolute Gasteiger partial charge is 0.335 e. The van der Waals surface area contributed by atoms with Gasteiger partial charge in [-0.05, 0) is 94.1 Å². The zero-order chi connectivity index (χ0) is 25.7. The average Bonchev–Trinajstić information content (AvgIpc) is 3.18. The van der Waals surface area contributed by atoms with Crippen molar-refractivity contribution in [3.05, 3.63) is 47.5 Å². The van der Waals surface area contributed by atoms with Crippen molar-refractivity contribution in [3.63, 3.8) is 0 Å². The lowest BCUT2D eigenvalue weighted by atomic mass is 9.77. The predicted molar refractivity (Wildman–Crippen MR) is 137 cm³/mol. The molecule has 0 bridgehead atoms. The van der Waals surface area contributed by atoms with Crippen LogP contribution in [0.4, 0.5) is 5.69 Å². The van der Waals surface area contributed by atoms with Gasteiger partial charge in [0.2, 0.25) is 11.7 Å². The predicted octanol–water partition coefficient (Wildman–Crippen LogP) is 4.60. The molecular formula is C28H36N2O6. The Morgan fingerprint density at radius 2 is 1.53 bits per heavy atom. The standard InChI is InChI=1S/C28H36N2O6/c1-4-34-23-15-20(16-24(35-5-2)26(23)36-6-3)18-29-13-11-28(12-14-29)17-25(31)30(19-28)22-9-7-21(8-10-22)27(32)33/h7-10,15-16H,4-6,11-14,17-19H2,1-3H3,(H,32,33). The van der Waals surface area contributed by atoms with Crippen LogP contribution in [0.3, 0.4) is 0 Å². The van der Waals surface area contributed by atoms with Gasteiger partial charge in [-0.25, -0.2) is 4.79 Å². The van der Waals surface area contributed by atoms with E-state index in [0.717, 1.165) is 43.7 Å². The molecule has 1 amide bonds. The van der Waals surface area contributed by atoms with Gasteiger partial charge in [0, 0.05) is 25.2 Å². The third kappa shape index (κ3) is 5.59. The number of nitrogens with zero attached hydrogens (tertiary/aromatic N) is 2. The molecule has 194 valence electrons. The summed E-state index contributed by atoms with van der Waals surface area (Å²) in [7, 11) is 0. The number of carbonyl (C=O) groups excluding carboxylic acids is 1. The molecule has 2 aliphatic rings. The van der Waals surface area contributed by atoms with Crippen molar-refractivity contribution >= 4 is 17.6 Å². The third-order valence-corrected chi connectivity index (χ3v) is 7.04. The van der Waals surface area contributed by atoms with Crippen LogP contribution in [0.1, 0.15) is 56.0 Å². The maximum atomic E-state index is 12.9. The number of carboxylic acid groups (broad SMARTS) is 1. The summed E-state index contributed by atoms with van der Waals surface area (Å²) in [5.41, 5.74) is 2.07. The van der Waals surface area contributed by atoms with E-state index in [2.05, 4.69) is 4.90 Å². The Labute approximate surface area is 212 Å². The highest BCUT2D eigenvalue weighted by Crippen LogP contribution is 2.44. The van der Waals surface area contributed by atoms with E-state index in [1.165, 1.54) is 0 Å². The van der Waals surface area contributed by atoms with Crippen LogP contribution in [0.2, 0.25) is 0 Å². The van der Waals surface area contributed by atoms with Crippen LogP contribution in [-0.4, -0.2) is 61.3 Å². The molecule has 36 heavy (non-hydrogen) atoms. The van der Waals surface area contributed by atoms with Gasteiger partial charge in [-0.1, -0.05) is 0 Å². The van der Waals surface area contributed by atoms with Gasteiger partial charge in [-0.2, -0.15) is 0 Å². The van der Waals surface area contributed by atoms with Gasteiger partial charge in [-0.15, -0.1) is 0 Å². The summed E-state index contributed by atoms with van der Waals surface area (Å²) in [5, 5.41) is 9.14. The van der Waals surface area contributed by atoms with Crippen molar-refractivity contribution < 1.29 is 28.9 Å². The number of aromatic carboxylic acids is 1. The van der Waals surface area contributed by atoms with Crippen LogP contribution >= 0.6 is 0 Å². The maximum Gasteiger partial charge on any atom is 0.335 e. The summed E-state index contributed by atoms with van der Waals surface area (Å²) in [6.45, 7) is 10.8. The van der Waals surface area contributed by atoms with Gasteiger partial charge in [-0.3, -0.25) is 9.69 Å². The summed E-state index contributed by atoms with van der Waals surface area (Å²) in [6.07, 6.45) is 2.42. The quantitative estimate of drug-likeness (QED) is 0.514. The highest BCUT2D eigenvalue weighted by molar-refractivity contribution is 5.97. The number of anilines is 1. The van der Waals surface area contributed by atoms with Crippen molar-refractivity contribution in [2.45, 2.75) is 46.6 Å². The number of amides is 1. The molecule has 1 N–H and O–H groups in total. The minimum absolute atomic E-state index is 0.0369. The summed E-state index contributed by atoms with van der Waals surface area (Å²) in [6, 6.07) is 10.7. The summed E-state index contributed by atoms with van der Waals surface area (Å²) >= 11 is 0. The Kier molecular flexibility index (Phi) is 8.04. The van der Waals surface area contributed by atoms with Gasteiger partial charge in [0.25, 0.3) is 0 Å². The van der Waals surface area contributed by atoms with Crippen LogP contribution in [0.15, 0.2) is 36.4 Å². The molecule has 0 aliphatic carbocycles. The molecule has 2 aromatic carbocycles. The van der Waals surface area contributed by atoms with Crippen molar-refractivity contribution in [1.29, 1.82) is 0 Å². The van der Waals surface area contributed by atoms with Gasteiger partial charge in [0.15, 0.2) is 11.5 Å². The molecule has 0 atom stereocenters. The summed E-state index contributed by atoms with van der Waals surface area (Å²) in [5.74, 6) is 1.22. The zero-order valence-electron chi connectivity index (χ0n) is 21.4. The van der Waals surface area contributed by atoms with E-state index >= 15 is 0 Å². The molecule has 2 heterocycles. The van der Waals surface area contributed by atoms with Crippen LogP contribution < -0.4 is 19.1 Å². The monoisotopic (exact) mass is 496 g/mol. The number of piperidine rings is 1. The molecule has 0 aromatic heterocycles. The van der Waals surface area contributed by atoms with E-state index in [1.807, 2.05) is 37.8 Å². The van der Waals surface area contributed by atoms with E-state index in [4.69, 9.17) is 19.3 Å². The first-order valence-electron chi connectivity index (χ1n) is 12.8. The number of hydrogen-bond donors (Lipinski definition) is 1. The molecule has 0 radical (unpaired) electrons.